The fraction of sp³-hybridized carbons (Fsp3) is 0.524. The van der Waals surface area contributed by atoms with Gasteiger partial charge in [0, 0.05) is 50.8 Å². The zero-order valence-electron chi connectivity index (χ0n) is 15.9. The van der Waals surface area contributed by atoms with Crippen molar-refractivity contribution in [1.29, 1.82) is 0 Å². The maximum Gasteiger partial charge on any atom is 0.348 e. The number of carboxylic acid groups (broad SMARTS) is 1. The van der Waals surface area contributed by atoms with Gasteiger partial charge in [-0.2, -0.15) is 5.10 Å². The number of rotatable bonds is 6. The molecule has 144 valence electrons. The standard InChI is InChI=1S/C21H27N3O3/c1-2-24-15-16(13-22-24)14-23-10-8-21(9-11-23,20(25)26)27-19-7-6-17-4-3-5-18(17)12-19/h6-7,12-13,15H,2-5,8-11,14H2,1H3,(H,25,26). The molecule has 4 rings (SSSR count). The smallest absolute Gasteiger partial charge is 0.348 e. The number of hydrogen-bond acceptors (Lipinski definition) is 4. The van der Waals surface area contributed by atoms with Crippen molar-refractivity contribution in [2.75, 3.05) is 13.1 Å². The van der Waals surface area contributed by atoms with E-state index in [0.29, 0.717) is 31.7 Å². The first-order chi connectivity index (χ1) is 13.1. The second-order valence-corrected chi connectivity index (χ2v) is 7.67. The molecule has 0 bridgehead atoms. The summed E-state index contributed by atoms with van der Waals surface area (Å²) in [6, 6.07) is 6.06. The number of fused-ring (bicyclic) bond motifs is 1. The number of aromatic nitrogens is 2. The van der Waals surface area contributed by atoms with E-state index in [1.165, 1.54) is 23.1 Å². The quantitative estimate of drug-likeness (QED) is 0.848. The fourth-order valence-corrected chi connectivity index (χ4v) is 4.19. The third kappa shape index (κ3) is 3.72. The molecule has 1 fully saturated rings. The summed E-state index contributed by atoms with van der Waals surface area (Å²) in [6.07, 6.45) is 8.27. The Hall–Kier alpha value is -2.34. The molecular weight excluding hydrogens is 342 g/mol. The van der Waals surface area contributed by atoms with Crippen LogP contribution in [0.25, 0.3) is 0 Å². The summed E-state index contributed by atoms with van der Waals surface area (Å²) >= 11 is 0. The maximum atomic E-state index is 12.1. The molecule has 2 heterocycles. The molecule has 6 heteroatoms. The van der Waals surface area contributed by atoms with E-state index in [4.69, 9.17) is 4.74 Å². The SMILES string of the molecule is CCn1cc(CN2CCC(Oc3ccc4c(c3)CCC4)(C(=O)O)CC2)cn1. The van der Waals surface area contributed by atoms with E-state index in [9.17, 15) is 9.90 Å². The summed E-state index contributed by atoms with van der Waals surface area (Å²) in [7, 11) is 0. The van der Waals surface area contributed by atoms with Crippen LogP contribution >= 0.6 is 0 Å². The van der Waals surface area contributed by atoms with Gasteiger partial charge in [0.2, 0.25) is 5.60 Å². The van der Waals surface area contributed by atoms with Gasteiger partial charge in [0.1, 0.15) is 5.75 Å². The van der Waals surface area contributed by atoms with Crippen LogP contribution in [-0.2, 0) is 30.7 Å². The monoisotopic (exact) mass is 369 g/mol. The van der Waals surface area contributed by atoms with Gasteiger partial charge in [0.05, 0.1) is 6.20 Å². The zero-order chi connectivity index (χ0) is 18.9. The average molecular weight is 369 g/mol. The predicted molar refractivity (Wildman–Crippen MR) is 102 cm³/mol. The summed E-state index contributed by atoms with van der Waals surface area (Å²) in [6.45, 7) is 5.13. The number of ether oxygens (including phenoxy) is 1. The minimum Gasteiger partial charge on any atom is -0.478 e. The molecule has 0 spiro atoms. The number of nitrogens with zero attached hydrogens (tertiary/aromatic N) is 3. The normalized spacial score (nSPS) is 19.0. The summed E-state index contributed by atoms with van der Waals surface area (Å²) in [5.74, 6) is -0.169. The highest BCUT2D eigenvalue weighted by molar-refractivity contribution is 5.78. The predicted octanol–water partition coefficient (Wildman–Crippen LogP) is 2.89. The number of carboxylic acids is 1. The highest BCUT2D eigenvalue weighted by Crippen LogP contribution is 2.33. The Kier molecular flexibility index (Phi) is 4.91. The molecule has 0 saturated carbocycles. The third-order valence-electron chi connectivity index (χ3n) is 5.85. The van der Waals surface area contributed by atoms with Crippen molar-refractivity contribution >= 4 is 5.97 Å². The number of likely N-dealkylation sites (tertiary alicyclic amines) is 1. The Morgan fingerprint density at radius 2 is 2.04 bits per heavy atom. The molecule has 0 amide bonds. The van der Waals surface area contributed by atoms with Crippen molar-refractivity contribution < 1.29 is 14.6 Å². The zero-order valence-corrected chi connectivity index (χ0v) is 15.9. The highest BCUT2D eigenvalue weighted by atomic mass is 16.5. The molecule has 27 heavy (non-hydrogen) atoms. The largest absolute Gasteiger partial charge is 0.478 e. The van der Waals surface area contributed by atoms with Crippen molar-refractivity contribution in [3.63, 3.8) is 0 Å². The lowest BCUT2D eigenvalue weighted by Crippen LogP contribution is -2.53. The Bertz CT molecular complexity index is 822. The third-order valence-corrected chi connectivity index (χ3v) is 5.85. The molecule has 1 aromatic carbocycles. The topological polar surface area (TPSA) is 67.6 Å². The van der Waals surface area contributed by atoms with Crippen LogP contribution in [0.2, 0.25) is 0 Å². The average Bonchev–Trinajstić information content (AvgIpc) is 3.32. The van der Waals surface area contributed by atoms with E-state index < -0.39 is 11.6 Å². The molecular formula is C21H27N3O3. The van der Waals surface area contributed by atoms with Crippen LogP contribution in [0.4, 0.5) is 0 Å². The summed E-state index contributed by atoms with van der Waals surface area (Å²) in [5.41, 5.74) is 2.71. The second kappa shape index (κ2) is 7.35. The van der Waals surface area contributed by atoms with E-state index in [0.717, 1.165) is 25.9 Å². The van der Waals surface area contributed by atoms with Gasteiger partial charge in [0.25, 0.3) is 0 Å². The number of carbonyl (C=O) groups is 1. The lowest BCUT2D eigenvalue weighted by Gasteiger charge is -2.38. The molecule has 6 nitrogen and oxygen atoms in total. The van der Waals surface area contributed by atoms with Crippen LogP contribution in [0.15, 0.2) is 30.6 Å². The van der Waals surface area contributed by atoms with E-state index in [1.807, 2.05) is 23.0 Å². The van der Waals surface area contributed by atoms with Crippen molar-refractivity contribution in [1.82, 2.24) is 14.7 Å². The highest BCUT2D eigenvalue weighted by Gasteiger charge is 2.44. The number of aliphatic carboxylic acids is 1. The number of piperidine rings is 1. The van der Waals surface area contributed by atoms with Crippen molar-refractivity contribution in [3.05, 3.63) is 47.3 Å². The molecule has 1 N–H and O–H groups in total. The lowest BCUT2D eigenvalue weighted by molar-refractivity contribution is -0.159. The number of aryl methyl sites for hydroxylation is 3. The molecule has 0 unspecified atom stereocenters. The van der Waals surface area contributed by atoms with Gasteiger partial charge < -0.3 is 9.84 Å². The van der Waals surface area contributed by atoms with Gasteiger partial charge in [-0.1, -0.05) is 6.07 Å². The van der Waals surface area contributed by atoms with E-state index in [2.05, 4.69) is 29.2 Å². The van der Waals surface area contributed by atoms with Gasteiger partial charge in [-0.05, 0) is 49.4 Å². The van der Waals surface area contributed by atoms with Crippen molar-refractivity contribution in [2.24, 2.45) is 0 Å². The molecule has 0 atom stereocenters. The minimum absolute atomic E-state index is 0.487. The Labute approximate surface area is 159 Å². The van der Waals surface area contributed by atoms with E-state index in [-0.39, 0.29) is 0 Å². The lowest BCUT2D eigenvalue weighted by atomic mass is 9.90. The van der Waals surface area contributed by atoms with Gasteiger partial charge in [0.15, 0.2) is 0 Å². The van der Waals surface area contributed by atoms with Crippen LogP contribution < -0.4 is 4.74 Å². The Morgan fingerprint density at radius 1 is 1.26 bits per heavy atom. The molecule has 1 aliphatic heterocycles. The first kappa shape index (κ1) is 18.0. The molecule has 0 radical (unpaired) electrons. The van der Waals surface area contributed by atoms with Gasteiger partial charge in [-0.25, -0.2) is 4.79 Å². The van der Waals surface area contributed by atoms with Crippen LogP contribution in [-0.4, -0.2) is 44.4 Å². The molecule has 1 aromatic heterocycles. The first-order valence-corrected chi connectivity index (χ1v) is 9.86. The summed E-state index contributed by atoms with van der Waals surface area (Å²) in [4.78, 5) is 14.3. The first-order valence-electron chi connectivity index (χ1n) is 9.86. The minimum atomic E-state index is -1.13. The Morgan fingerprint density at radius 3 is 2.74 bits per heavy atom. The molecule has 2 aliphatic rings. The van der Waals surface area contributed by atoms with E-state index in [1.54, 1.807) is 0 Å². The van der Waals surface area contributed by atoms with Gasteiger partial charge in [-0.3, -0.25) is 9.58 Å². The summed E-state index contributed by atoms with van der Waals surface area (Å²) < 4.78 is 8.02. The van der Waals surface area contributed by atoms with Gasteiger partial charge in [-0.15, -0.1) is 0 Å². The van der Waals surface area contributed by atoms with Crippen molar-refractivity contribution in [2.45, 2.75) is 57.7 Å². The number of benzene rings is 1. The van der Waals surface area contributed by atoms with Crippen LogP contribution in [0.5, 0.6) is 5.75 Å². The molecule has 2 aromatic rings. The molecule has 1 aliphatic carbocycles. The van der Waals surface area contributed by atoms with Crippen LogP contribution in [0.3, 0.4) is 0 Å². The number of hydrogen-bond donors (Lipinski definition) is 1. The van der Waals surface area contributed by atoms with Crippen LogP contribution in [0.1, 0.15) is 42.9 Å². The maximum absolute atomic E-state index is 12.1. The van der Waals surface area contributed by atoms with Crippen molar-refractivity contribution in [3.8, 4) is 5.75 Å². The van der Waals surface area contributed by atoms with Gasteiger partial charge >= 0.3 is 5.97 Å². The summed E-state index contributed by atoms with van der Waals surface area (Å²) in [5, 5.41) is 14.2. The van der Waals surface area contributed by atoms with Crippen LogP contribution in [0, 0.1) is 0 Å². The molecule has 1 saturated heterocycles. The second-order valence-electron chi connectivity index (χ2n) is 7.67. The fourth-order valence-electron chi connectivity index (χ4n) is 4.19. The van der Waals surface area contributed by atoms with E-state index >= 15 is 0 Å². The Balaban J connectivity index is 1.42.